The molecule has 2 aromatic rings. The van der Waals surface area contributed by atoms with Gasteiger partial charge in [0.2, 0.25) is 0 Å². The van der Waals surface area contributed by atoms with Crippen molar-refractivity contribution in [3.63, 3.8) is 0 Å². The molecule has 0 spiro atoms. The van der Waals surface area contributed by atoms with Crippen LogP contribution in [0.5, 0.6) is 0 Å². The lowest BCUT2D eigenvalue weighted by Crippen LogP contribution is -2.06. The first kappa shape index (κ1) is 14.8. The lowest BCUT2D eigenvalue weighted by molar-refractivity contribution is 0.767. The molecule has 0 radical (unpaired) electrons. The Morgan fingerprint density at radius 1 is 1.05 bits per heavy atom. The van der Waals surface area contributed by atoms with Gasteiger partial charge in [-0.05, 0) is 48.9 Å². The Bertz CT molecular complexity index is 561. The van der Waals surface area contributed by atoms with E-state index >= 15 is 0 Å². The van der Waals surface area contributed by atoms with Crippen LogP contribution < -0.4 is 0 Å². The number of hydrogen-bond donors (Lipinski definition) is 0. The van der Waals surface area contributed by atoms with Gasteiger partial charge in [0.25, 0.3) is 0 Å². The second-order valence-electron chi connectivity index (χ2n) is 5.01. The van der Waals surface area contributed by atoms with E-state index in [-0.39, 0.29) is 0 Å². The third-order valence-electron chi connectivity index (χ3n) is 3.50. The van der Waals surface area contributed by atoms with Crippen LogP contribution in [-0.4, -0.2) is 5.33 Å². The zero-order valence-corrected chi connectivity index (χ0v) is 14.5. The van der Waals surface area contributed by atoms with Crippen LogP contribution in [0.15, 0.2) is 46.9 Å². The Morgan fingerprint density at radius 2 is 1.79 bits per heavy atom. The van der Waals surface area contributed by atoms with E-state index in [1.807, 2.05) is 0 Å². The van der Waals surface area contributed by atoms with E-state index in [9.17, 15) is 0 Å². The van der Waals surface area contributed by atoms with Crippen molar-refractivity contribution in [2.45, 2.75) is 26.2 Å². The Hall–Kier alpha value is -0.600. The van der Waals surface area contributed by atoms with E-state index in [2.05, 4.69) is 88.2 Å². The van der Waals surface area contributed by atoms with E-state index in [4.69, 9.17) is 0 Å². The Morgan fingerprint density at radius 3 is 2.47 bits per heavy atom. The predicted molar refractivity (Wildman–Crippen MR) is 90.3 cm³/mol. The molecule has 0 nitrogen and oxygen atoms in total. The van der Waals surface area contributed by atoms with Crippen LogP contribution in [0, 0.1) is 13.8 Å². The van der Waals surface area contributed by atoms with Crippen molar-refractivity contribution < 1.29 is 0 Å². The monoisotopic (exact) mass is 380 g/mol. The summed E-state index contributed by atoms with van der Waals surface area (Å²) in [6.45, 7) is 4.35. The van der Waals surface area contributed by atoms with E-state index in [1.165, 1.54) is 26.7 Å². The first-order chi connectivity index (χ1) is 9.11. The van der Waals surface area contributed by atoms with Gasteiger partial charge in [-0.25, -0.2) is 0 Å². The van der Waals surface area contributed by atoms with Crippen molar-refractivity contribution in [2.75, 3.05) is 5.33 Å². The largest absolute Gasteiger partial charge is 0.0921 e. The predicted octanol–water partition coefficient (Wildman–Crippen LogP) is 5.79. The van der Waals surface area contributed by atoms with Crippen LogP contribution in [0.4, 0.5) is 0 Å². The van der Waals surface area contributed by atoms with E-state index < -0.39 is 0 Å². The normalized spacial score (nSPS) is 12.4. The lowest BCUT2D eigenvalue weighted by Gasteiger charge is -2.18. The Balaban J connectivity index is 2.29. The molecule has 0 fully saturated rings. The van der Waals surface area contributed by atoms with E-state index in [0.29, 0.717) is 5.92 Å². The van der Waals surface area contributed by atoms with Gasteiger partial charge >= 0.3 is 0 Å². The zero-order chi connectivity index (χ0) is 13.8. The molecule has 1 atom stereocenters. The van der Waals surface area contributed by atoms with Crippen LogP contribution >= 0.6 is 31.9 Å². The summed E-state index contributed by atoms with van der Waals surface area (Å²) < 4.78 is 1.20. The average Bonchev–Trinajstić information content (AvgIpc) is 2.41. The van der Waals surface area contributed by atoms with Gasteiger partial charge < -0.3 is 0 Å². The van der Waals surface area contributed by atoms with Crippen molar-refractivity contribution >= 4 is 31.9 Å². The molecule has 0 amide bonds. The molecule has 0 aliphatic rings. The van der Waals surface area contributed by atoms with Crippen LogP contribution in [0.25, 0.3) is 0 Å². The molecule has 0 aromatic heterocycles. The molecule has 1 unspecified atom stereocenters. The third kappa shape index (κ3) is 3.70. The maximum atomic E-state index is 3.67. The molecule has 0 aliphatic carbocycles. The van der Waals surface area contributed by atoms with Crippen LogP contribution in [-0.2, 0) is 6.42 Å². The van der Waals surface area contributed by atoms with Crippen LogP contribution in [0.3, 0.4) is 0 Å². The van der Waals surface area contributed by atoms with E-state index in [0.717, 1.165) is 11.8 Å². The minimum atomic E-state index is 0.496. The summed E-state index contributed by atoms with van der Waals surface area (Å²) in [5, 5.41) is 0.975. The molecule has 2 aromatic carbocycles. The molecule has 2 rings (SSSR count). The zero-order valence-electron chi connectivity index (χ0n) is 11.3. The lowest BCUT2D eigenvalue weighted by atomic mass is 9.91. The standard InChI is InChI=1S/C17H18Br2/c1-12-7-8-13(2)14(9-12)10-15(11-18)16-5-3-4-6-17(16)19/h3-9,15H,10-11H2,1-2H3. The molecule has 0 saturated carbocycles. The summed E-state index contributed by atoms with van der Waals surface area (Å²) in [7, 11) is 0. The third-order valence-corrected chi connectivity index (χ3v) is 5.01. The Labute approximate surface area is 132 Å². The molecule has 0 bridgehead atoms. The summed E-state index contributed by atoms with van der Waals surface area (Å²) in [6.07, 6.45) is 1.07. The minimum absolute atomic E-state index is 0.496. The van der Waals surface area contributed by atoms with Gasteiger partial charge in [0.1, 0.15) is 0 Å². The maximum absolute atomic E-state index is 3.67. The summed E-state index contributed by atoms with van der Waals surface area (Å²) in [4.78, 5) is 0. The second-order valence-corrected chi connectivity index (χ2v) is 6.51. The van der Waals surface area contributed by atoms with Crippen molar-refractivity contribution in [3.05, 3.63) is 69.2 Å². The summed E-state index contributed by atoms with van der Waals surface area (Å²) in [5.74, 6) is 0.496. The molecule has 19 heavy (non-hydrogen) atoms. The number of benzene rings is 2. The highest BCUT2D eigenvalue weighted by molar-refractivity contribution is 9.10. The van der Waals surface area contributed by atoms with Gasteiger partial charge in [-0.15, -0.1) is 0 Å². The molecule has 0 saturated heterocycles. The van der Waals surface area contributed by atoms with E-state index in [1.54, 1.807) is 0 Å². The van der Waals surface area contributed by atoms with Gasteiger partial charge in [0, 0.05) is 9.80 Å². The average molecular weight is 382 g/mol. The topological polar surface area (TPSA) is 0 Å². The first-order valence-electron chi connectivity index (χ1n) is 6.48. The highest BCUT2D eigenvalue weighted by atomic mass is 79.9. The van der Waals surface area contributed by atoms with Crippen molar-refractivity contribution in [1.29, 1.82) is 0 Å². The van der Waals surface area contributed by atoms with Gasteiger partial charge in [-0.2, -0.15) is 0 Å². The summed E-state index contributed by atoms with van der Waals surface area (Å²) in [6, 6.07) is 15.2. The fourth-order valence-corrected chi connectivity index (χ4v) is 3.53. The molecule has 2 heteroatoms. The van der Waals surface area contributed by atoms with Crippen molar-refractivity contribution in [2.24, 2.45) is 0 Å². The van der Waals surface area contributed by atoms with Gasteiger partial charge in [-0.3, -0.25) is 0 Å². The molecular weight excluding hydrogens is 364 g/mol. The second kappa shape index (κ2) is 6.71. The quantitative estimate of drug-likeness (QED) is 0.588. The molecular formula is C17H18Br2. The van der Waals surface area contributed by atoms with Gasteiger partial charge in [0.15, 0.2) is 0 Å². The van der Waals surface area contributed by atoms with Crippen molar-refractivity contribution in [3.8, 4) is 0 Å². The SMILES string of the molecule is Cc1ccc(C)c(CC(CBr)c2ccccc2Br)c1. The number of alkyl halides is 1. The smallest absolute Gasteiger partial charge is 0.0210 e. The summed E-state index contributed by atoms with van der Waals surface area (Å²) in [5.41, 5.74) is 5.53. The number of aryl methyl sites for hydroxylation is 2. The number of rotatable bonds is 4. The number of halogens is 2. The Kier molecular flexibility index (Phi) is 5.23. The fourth-order valence-electron chi connectivity index (χ4n) is 2.34. The van der Waals surface area contributed by atoms with Crippen LogP contribution in [0.2, 0.25) is 0 Å². The minimum Gasteiger partial charge on any atom is -0.0921 e. The van der Waals surface area contributed by atoms with Gasteiger partial charge in [-0.1, -0.05) is 73.8 Å². The summed E-state index contributed by atoms with van der Waals surface area (Å²) >= 11 is 7.33. The molecule has 0 aliphatic heterocycles. The fraction of sp³-hybridized carbons (Fsp3) is 0.294. The molecule has 0 heterocycles. The van der Waals surface area contributed by atoms with Gasteiger partial charge in [0.05, 0.1) is 0 Å². The highest BCUT2D eigenvalue weighted by Crippen LogP contribution is 2.30. The molecule has 100 valence electrons. The maximum Gasteiger partial charge on any atom is 0.0210 e. The van der Waals surface area contributed by atoms with Crippen LogP contribution in [0.1, 0.15) is 28.2 Å². The highest BCUT2D eigenvalue weighted by Gasteiger charge is 2.14. The number of hydrogen-bond acceptors (Lipinski definition) is 0. The first-order valence-corrected chi connectivity index (χ1v) is 8.39. The molecule has 0 N–H and O–H groups in total. The van der Waals surface area contributed by atoms with Crippen molar-refractivity contribution in [1.82, 2.24) is 0 Å².